The summed E-state index contributed by atoms with van der Waals surface area (Å²) in [6, 6.07) is 3.67. The van der Waals surface area contributed by atoms with Gasteiger partial charge in [-0.25, -0.2) is 0 Å². The van der Waals surface area contributed by atoms with Crippen molar-refractivity contribution >= 4 is 0 Å². The van der Waals surface area contributed by atoms with E-state index >= 15 is 0 Å². The molecular weight excluding hydrogens is 248 g/mol. The molecule has 0 radical (unpaired) electrons. The summed E-state index contributed by atoms with van der Waals surface area (Å²) in [7, 11) is 1.64. The van der Waals surface area contributed by atoms with E-state index in [-0.39, 0.29) is 0 Å². The highest BCUT2D eigenvalue weighted by Crippen LogP contribution is 2.13. The SMILES string of the molecule is COCCOCCOCCOc1cccnc1CN. The maximum Gasteiger partial charge on any atom is 0.142 e. The van der Waals surface area contributed by atoms with Gasteiger partial charge < -0.3 is 24.7 Å². The zero-order valence-electron chi connectivity index (χ0n) is 11.3. The van der Waals surface area contributed by atoms with Crippen LogP contribution in [0.4, 0.5) is 0 Å². The van der Waals surface area contributed by atoms with Gasteiger partial charge in [0.25, 0.3) is 0 Å². The molecule has 19 heavy (non-hydrogen) atoms. The van der Waals surface area contributed by atoms with Crippen LogP contribution in [0.2, 0.25) is 0 Å². The summed E-state index contributed by atoms with van der Waals surface area (Å²) in [5.41, 5.74) is 6.32. The lowest BCUT2D eigenvalue weighted by atomic mass is 10.3. The molecule has 0 aliphatic rings. The van der Waals surface area contributed by atoms with E-state index in [1.807, 2.05) is 12.1 Å². The van der Waals surface area contributed by atoms with Gasteiger partial charge in [0.1, 0.15) is 12.4 Å². The van der Waals surface area contributed by atoms with Crippen molar-refractivity contribution in [2.24, 2.45) is 5.73 Å². The van der Waals surface area contributed by atoms with Crippen molar-refractivity contribution in [3.05, 3.63) is 24.0 Å². The first-order chi connectivity index (χ1) is 9.38. The van der Waals surface area contributed by atoms with E-state index in [1.165, 1.54) is 0 Å². The molecule has 0 fully saturated rings. The van der Waals surface area contributed by atoms with Crippen molar-refractivity contribution in [2.45, 2.75) is 6.54 Å². The molecule has 1 rings (SSSR count). The quantitative estimate of drug-likeness (QED) is 0.593. The van der Waals surface area contributed by atoms with Gasteiger partial charge in [-0.3, -0.25) is 4.98 Å². The fraction of sp³-hybridized carbons (Fsp3) is 0.615. The predicted octanol–water partition coefficient (Wildman–Crippen LogP) is 0.599. The van der Waals surface area contributed by atoms with Gasteiger partial charge in [-0.2, -0.15) is 0 Å². The van der Waals surface area contributed by atoms with Crippen LogP contribution in [-0.4, -0.2) is 51.7 Å². The molecule has 6 nitrogen and oxygen atoms in total. The molecular formula is C13H22N2O4. The van der Waals surface area contributed by atoms with Crippen molar-refractivity contribution in [1.29, 1.82) is 0 Å². The normalized spacial score (nSPS) is 10.6. The van der Waals surface area contributed by atoms with Gasteiger partial charge in [0.2, 0.25) is 0 Å². The van der Waals surface area contributed by atoms with Crippen molar-refractivity contribution in [3.8, 4) is 5.75 Å². The minimum atomic E-state index is 0.365. The molecule has 0 aliphatic carbocycles. The molecule has 0 spiro atoms. The summed E-state index contributed by atoms with van der Waals surface area (Å²) in [6.45, 7) is 3.64. The lowest BCUT2D eigenvalue weighted by molar-refractivity contribution is 0.0179. The van der Waals surface area contributed by atoms with Crippen LogP contribution >= 0.6 is 0 Å². The Hall–Kier alpha value is -1.21. The number of nitrogens with two attached hydrogens (primary N) is 1. The number of hydrogen-bond donors (Lipinski definition) is 1. The first-order valence-electron chi connectivity index (χ1n) is 6.29. The molecule has 0 aromatic carbocycles. The van der Waals surface area contributed by atoms with Crippen molar-refractivity contribution in [2.75, 3.05) is 46.8 Å². The summed E-state index contributed by atoms with van der Waals surface area (Å²) in [5, 5.41) is 0. The van der Waals surface area contributed by atoms with E-state index in [0.717, 1.165) is 5.69 Å². The zero-order chi connectivity index (χ0) is 13.8. The Bertz CT molecular complexity index is 336. The number of ether oxygens (including phenoxy) is 4. The Morgan fingerprint density at radius 3 is 2.42 bits per heavy atom. The van der Waals surface area contributed by atoms with Crippen molar-refractivity contribution < 1.29 is 18.9 Å². The third-order valence-electron chi connectivity index (χ3n) is 2.33. The lowest BCUT2D eigenvalue weighted by Gasteiger charge is -2.09. The molecule has 0 saturated heterocycles. The standard InChI is InChI=1S/C13H22N2O4/c1-16-5-6-17-7-8-18-9-10-19-13-3-2-4-15-12(13)11-14/h2-4H,5-11,14H2,1H3. The topological polar surface area (TPSA) is 75.8 Å². The lowest BCUT2D eigenvalue weighted by Crippen LogP contribution is -2.13. The Labute approximate surface area is 113 Å². The number of pyridine rings is 1. The fourth-order valence-electron chi connectivity index (χ4n) is 1.38. The van der Waals surface area contributed by atoms with Gasteiger partial charge in [-0.05, 0) is 12.1 Å². The molecule has 0 saturated carbocycles. The molecule has 1 aromatic heterocycles. The molecule has 0 amide bonds. The van der Waals surface area contributed by atoms with Crippen LogP contribution in [0.15, 0.2) is 18.3 Å². The second kappa shape index (κ2) is 10.7. The highest BCUT2D eigenvalue weighted by Gasteiger charge is 2.01. The van der Waals surface area contributed by atoms with Crippen molar-refractivity contribution in [1.82, 2.24) is 4.98 Å². The average molecular weight is 270 g/mol. The minimum absolute atomic E-state index is 0.365. The Morgan fingerprint density at radius 2 is 1.74 bits per heavy atom. The number of hydrogen-bond acceptors (Lipinski definition) is 6. The molecule has 2 N–H and O–H groups in total. The van der Waals surface area contributed by atoms with Gasteiger partial charge in [0.15, 0.2) is 0 Å². The molecule has 6 heteroatoms. The average Bonchev–Trinajstić information content (AvgIpc) is 2.46. The maximum absolute atomic E-state index is 5.56. The second-order valence-electron chi connectivity index (χ2n) is 3.72. The van der Waals surface area contributed by atoms with Gasteiger partial charge in [0.05, 0.1) is 38.7 Å². The Morgan fingerprint density at radius 1 is 1.05 bits per heavy atom. The van der Waals surface area contributed by atoms with E-state index in [4.69, 9.17) is 24.7 Å². The van der Waals surface area contributed by atoms with Crippen LogP contribution in [-0.2, 0) is 20.8 Å². The summed E-state index contributed by atoms with van der Waals surface area (Å²) < 4.78 is 21.0. The van der Waals surface area contributed by atoms with E-state index in [9.17, 15) is 0 Å². The molecule has 108 valence electrons. The van der Waals surface area contributed by atoms with Crippen LogP contribution in [0.3, 0.4) is 0 Å². The van der Waals surface area contributed by atoms with Gasteiger partial charge in [0, 0.05) is 19.9 Å². The van der Waals surface area contributed by atoms with Crippen LogP contribution < -0.4 is 10.5 Å². The minimum Gasteiger partial charge on any atom is -0.489 e. The summed E-state index contributed by atoms with van der Waals surface area (Å²) in [4.78, 5) is 4.13. The molecule has 0 atom stereocenters. The number of methoxy groups -OCH3 is 1. The monoisotopic (exact) mass is 270 g/mol. The van der Waals surface area contributed by atoms with Crippen LogP contribution in [0.5, 0.6) is 5.75 Å². The highest BCUT2D eigenvalue weighted by atomic mass is 16.6. The van der Waals surface area contributed by atoms with Gasteiger partial charge in [-0.15, -0.1) is 0 Å². The first kappa shape index (κ1) is 15.8. The molecule has 1 heterocycles. The number of aromatic nitrogens is 1. The third kappa shape index (κ3) is 7.07. The first-order valence-corrected chi connectivity index (χ1v) is 6.29. The van der Waals surface area contributed by atoms with E-state index in [2.05, 4.69) is 4.98 Å². The van der Waals surface area contributed by atoms with Crippen LogP contribution in [0, 0.1) is 0 Å². The third-order valence-corrected chi connectivity index (χ3v) is 2.33. The van der Waals surface area contributed by atoms with Gasteiger partial charge >= 0.3 is 0 Å². The molecule has 0 bridgehead atoms. The smallest absolute Gasteiger partial charge is 0.142 e. The van der Waals surface area contributed by atoms with Crippen LogP contribution in [0.25, 0.3) is 0 Å². The highest BCUT2D eigenvalue weighted by molar-refractivity contribution is 5.26. The molecule has 0 aliphatic heterocycles. The number of rotatable bonds is 11. The molecule has 0 unspecified atom stereocenters. The van der Waals surface area contributed by atoms with Gasteiger partial charge in [-0.1, -0.05) is 0 Å². The Kier molecular flexibility index (Phi) is 8.91. The second-order valence-corrected chi connectivity index (χ2v) is 3.72. The van der Waals surface area contributed by atoms with Crippen molar-refractivity contribution in [3.63, 3.8) is 0 Å². The van der Waals surface area contributed by atoms with E-state index < -0.39 is 0 Å². The number of nitrogens with zero attached hydrogens (tertiary/aromatic N) is 1. The fourth-order valence-corrected chi connectivity index (χ4v) is 1.38. The van der Waals surface area contributed by atoms with E-state index in [1.54, 1.807) is 13.3 Å². The van der Waals surface area contributed by atoms with Crippen LogP contribution in [0.1, 0.15) is 5.69 Å². The Balaban J connectivity index is 2.01. The largest absolute Gasteiger partial charge is 0.489 e. The summed E-state index contributed by atoms with van der Waals surface area (Å²) in [6.07, 6.45) is 1.70. The summed E-state index contributed by atoms with van der Waals surface area (Å²) in [5.74, 6) is 0.713. The summed E-state index contributed by atoms with van der Waals surface area (Å²) >= 11 is 0. The maximum atomic E-state index is 5.56. The predicted molar refractivity (Wildman–Crippen MR) is 71.1 cm³/mol. The zero-order valence-corrected chi connectivity index (χ0v) is 11.3. The van der Waals surface area contributed by atoms with E-state index in [0.29, 0.717) is 51.9 Å². The molecule has 1 aromatic rings.